The number of hydrogen-bond donors (Lipinski definition) is 1. The lowest BCUT2D eigenvalue weighted by atomic mass is 10.1. The van der Waals surface area contributed by atoms with Crippen LogP contribution in [0.3, 0.4) is 0 Å². The van der Waals surface area contributed by atoms with Gasteiger partial charge in [-0.15, -0.1) is 0 Å². The van der Waals surface area contributed by atoms with Gasteiger partial charge < -0.3 is 14.8 Å². The van der Waals surface area contributed by atoms with Crippen molar-refractivity contribution in [3.8, 4) is 5.75 Å². The smallest absolute Gasteiger partial charge is 0.260 e. The Morgan fingerprint density at radius 3 is 2.79 bits per heavy atom. The number of benzene rings is 1. The summed E-state index contributed by atoms with van der Waals surface area (Å²) in [5.74, 6) is 0.520. The molecule has 1 aliphatic rings. The second-order valence-electron chi connectivity index (χ2n) is 4.71. The maximum Gasteiger partial charge on any atom is 0.260 e. The Hall–Kier alpha value is -2.04. The van der Waals surface area contributed by atoms with E-state index in [1.165, 1.54) is 0 Å². The Bertz CT molecular complexity index is 495. The molecule has 1 fully saturated rings. The molecule has 1 amide bonds. The third kappa shape index (κ3) is 3.24. The lowest BCUT2D eigenvalue weighted by Crippen LogP contribution is -2.33. The lowest BCUT2D eigenvalue weighted by Gasteiger charge is -2.17. The largest absolute Gasteiger partial charge is 0.483 e. The highest BCUT2D eigenvalue weighted by Gasteiger charge is 2.29. The maximum absolute atomic E-state index is 11.9. The van der Waals surface area contributed by atoms with Crippen LogP contribution >= 0.6 is 0 Å². The van der Waals surface area contributed by atoms with E-state index in [0.717, 1.165) is 12.8 Å². The van der Waals surface area contributed by atoms with E-state index >= 15 is 0 Å². The molecule has 0 aliphatic heterocycles. The first-order valence-electron chi connectivity index (χ1n) is 6.30. The third-order valence-corrected chi connectivity index (χ3v) is 3.27. The van der Waals surface area contributed by atoms with Crippen LogP contribution in [0.4, 0.5) is 0 Å². The van der Waals surface area contributed by atoms with Gasteiger partial charge in [-0.05, 0) is 31.9 Å². The fraction of sp³-hybridized carbons (Fsp3) is 0.429. The molecule has 5 heteroatoms. The molecule has 0 bridgehead atoms. The first-order chi connectivity index (χ1) is 9.13. The number of para-hydroxylation sites is 1. The molecular formula is C14H18N2O3. The molecule has 0 unspecified atom stereocenters. The van der Waals surface area contributed by atoms with Crippen molar-refractivity contribution < 1.29 is 14.7 Å². The van der Waals surface area contributed by atoms with Crippen molar-refractivity contribution in [3.63, 3.8) is 0 Å². The van der Waals surface area contributed by atoms with Gasteiger partial charge in [0.1, 0.15) is 5.75 Å². The minimum Gasteiger partial charge on any atom is -0.483 e. The van der Waals surface area contributed by atoms with Crippen molar-refractivity contribution in [1.29, 1.82) is 0 Å². The van der Waals surface area contributed by atoms with Crippen LogP contribution in [0.2, 0.25) is 0 Å². The third-order valence-electron chi connectivity index (χ3n) is 3.27. The standard InChI is InChI=1S/C14H18N2O3/c1-10(15-18)12-5-3-4-6-13(12)19-9-14(17)16(2)11-7-8-11/h3-6,11,18H,7-9H2,1-2H3. The molecule has 0 saturated heterocycles. The molecule has 102 valence electrons. The summed E-state index contributed by atoms with van der Waals surface area (Å²) in [5.41, 5.74) is 1.14. The van der Waals surface area contributed by atoms with Crippen molar-refractivity contribution in [2.75, 3.05) is 13.7 Å². The zero-order valence-electron chi connectivity index (χ0n) is 11.2. The van der Waals surface area contributed by atoms with E-state index in [4.69, 9.17) is 9.94 Å². The van der Waals surface area contributed by atoms with Gasteiger partial charge in [-0.1, -0.05) is 17.3 Å². The van der Waals surface area contributed by atoms with Crippen LogP contribution < -0.4 is 4.74 Å². The first kappa shape index (κ1) is 13.4. The molecule has 1 N–H and O–H groups in total. The molecule has 0 heterocycles. The van der Waals surface area contributed by atoms with E-state index in [0.29, 0.717) is 23.1 Å². The minimum absolute atomic E-state index is 0.00270. The van der Waals surface area contributed by atoms with Crippen LogP contribution in [0.15, 0.2) is 29.4 Å². The second-order valence-corrected chi connectivity index (χ2v) is 4.71. The Labute approximate surface area is 112 Å². The second kappa shape index (κ2) is 5.73. The summed E-state index contributed by atoms with van der Waals surface area (Å²) < 4.78 is 5.54. The zero-order chi connectivity index (χ0) is 13.8. The van der Waals surface area contributed by atoms with Crippen LogP contribution in [0.1, 0.15) is 25.3 Å². The molecule has 5 nitrogen and oxygen atoms in total. The number of rotatable bonds is 5. The van der Waals surface area contributed by atoms with Gasteiger partial charge in [0.2, 0.25) is 0 Å². The number of carbonyl (C=O) groups is 1. The molecule has 1 saturated carbocycles. The molecule has 0 radical (unpaired) electrons. The summed E-state index contributed by atoms with van der Waals surface area (Å²) in [6.07, 6.45) is 2.16. The van der Waals surface area contributed by atoms with Gasteiger partial charge in [0.25, 0.3) is 5.91 Å². The number of nitrogens with zero attached hydrogens (tertiary/aromatic N) is 2. The van der Waals surface area contributed by atoms with Crippen LogP contribution in [0, 0.1) is 0 Å². The van der Waals surface area contributed by atoms with Crippen molar-refractivity contribution in [1.82, 2.24) is 4.90 Å². The average molecular weight is 262 g/mol. The van der Waals surface area contributed by atoms with E-state index in [9.17, 15) is 4.79 Å². The molecule has 0 aromatic heterocycles. The first-order valence-corrected chi connectivity index (χ1v) is 6.30. The molecular weight excluding hydrogens is 244 g/mol. The molecule has 0 atom stereocenters. The van der Waals surface area contributed by atoms with E-state index in [-0.39, 0.29) is 12.5 Å². The number of likely N-dealkylation sites (N-methyl/N-ethyl adjacent to an activating group) is 1. The van der Waals surface area contributed by atoms with E-state index < -0.39 is 0 Å². The fourth-order valence-electron chi connectivity index (χ4n) is 1.85. The average Bonchev–Trinajstić information content (AvgIpc) is 3.28. The van der Waals surface area contributed by atoms with Gasteiger partial charge in [0, 0.05) is 18.7 Å². The topological polar surface area (TPSA) is 62.1 Å². The van der Waals surface area contributed by atoms with Crippen molar-refractivity contribution in [2.24, 2.45) is 5.16 Å². The summed E-state index contributed by atoms with van der Waals surface area (Å²) in [5, 5.41) is 12.0. The molecule has 1 aromatic carbocycles. The predicted octanol–water partition coefficient (Wildman–Crippen LogP) is 1.88. The number of oxime groups is 1. The molecule has 19 heavy (non-hydrogen) atoms. The highest BCUT2D eigenvalue weighted by atomic mass is 16.5. The quantitative estimate of drug-likeness (QED) is 0.500. The highest BCUT2D eigenvalue weighted by Crippen LogP contribution is 2.25. The summed E-state index contributed by atoms with van der Waals surface area (Å²) in [4.78, 5) is 13.6. The van der Waals surface area contributed by atoms with Gasteiger partial charge in [-0.3, -0.25) is 4.79 Å². The van der Waals surface area contributed by atoms with Gasteiger partial charge in [0.05, 0.1) is 5.71 Å². The number of ether oxygens (including phenoxy) is 1. The SMILES string of the molecule is CC(=NO)c1ccccc1OCC(=O)N(C)C1CC1. The number of hydrogen-bond acceptors (Lipinski definition) is 4. The lowest BCUT2D eigenvalue weighted by molar-refractivity contribution is -0.132. The Morgan fingerprint density at radius 2 is 2.16 bits per heavy atom. The van der Waals surface area contributed by atoms with E-state index in [1.54, 1.807) is 31.0 Å². The summed E-state index contributed by atoms with van der Waals surface area (Å²) >= 11 is 0. The van der Waals surface area contributed by atoms with Crippen molar-refractivity contribution >= 4 is 11.6 Å². The van der Waals surface area contributed by atoms with Crippen molar-refractivity contribution in [2.45, 2.75) is 25.8 Å². The number of carbonyl (C=O) groups excluding carboxylic acids is 1. The molecule has 1 aromatic rings. The van der Waals surface area contributed by atoms with Crippen LogP contribution in [0.5, 0.6) is 5.75 Å². The van der Waals surface area contributed by atoms with Gasteiger partial charge in [-0.25, -0.2) is 0 Å². The molecule has 0 spiro atoms. The Kier molecular flexibility index (Phi) is 4.04. The summed E-state index contributed by atoms with van der Waals surface area (Å²) in [7, 11) is 1.80. The van der Waals surface area contributed by atoms with Crippen LogP contribution in [-0.4, -0.2) is 41.4 Å². The normalized spacial score (nSPS) is 15.2. The van der Waals surface area contributed by atoms with Crippen molar-refractivity contribution in [3.05, 3.63) is 29.8 Å². The fourth-order valence-corrected chi connectivity index (χ4v) is 1.85. The summed E-state index contributed by atoms with van der Waals surface area (Å²) in [6, 6.07) is 7.58. The monoisotopic (exact) mass is 262 g/mol. The zero-order valence-corrected chi connectivity index (χ0v) is 11.2. The Morgan fingerprint density at radius 1 is 1.47 bits per heavy atom. The van der Waals surface area contributed by atoms with Gasteiger partial charge in [0.15, 0.2) is 6.61 Å². The molecule has 1 aliphatic carbocycles. The predicted molar refractivity (Wildman–Crippen MR) is 71.7 cm³/mol. The van der Waals surface area contributed by atoms with E-state index in [1.807, 2.05) is 12.1 Å². The number of amides is 1. The molecule has 2 rings (SSSR count). The van der Waals surface area contributed by atoms with Gasteiger partial charge in [-0.2, -0.15) is 0 Å². The highest BCUT2D eigenvalue weighted by molar-refractivity contribution is 6.00. The minimum atomic E-state index is -0.0316. The van der Waals surface area contributed by atoms with Gasteiger partial charge >= 0.3 is 0 Å². The maximum atomic E-state index is 11.9. The van der Waals surface area contributed by atoms with Crippen LogP contribution in [-0.2, 0) is 4.79 Å². The van der Waals surface area contributed by atoms with E-state index in [2.05, 4.69) is 5.16 Å². The van der Waals surface area contributed by atoms with Crippen LogP contribution in [0.25, 0.3) is 0 Å². The summed E-state index contributed by atoms with van der Waals surface area (Å²) in [6.45, 7) is 1.68. The Balaban J connectivity index is 2.01.